The maximum absolute atomic E-state index is 13.8. The molecule has 3 heterocycles. The average molecular weight is 586 g/mol. The SMILES string of the molecule is CCC1CC[C@@H](CCOCc2c(-c3ccccc3C(F)(F)F)noc2C2CC2)N1c1nc2ccc(C(=O)O)cc2s1. The number of hydrogen-bond acceptors (Lipinski definition) is 7. The van der Waals surface area contributed by atoms with Gasteiger partial charge in [0.2, 0.25) is 0 Å². The molecule has 7 nitrogen and oxygen atoms in total. The zero-order valence-corrected chi connectivity index (χ0v) is 23.3. The number of benzene rings is 2. The highest BCUT2D eigenvalue weighted by Gasteiger charge is 2.38. The maximum Gasteiger partial charge on any atom is 0.417 e. The fraction of sp³-hybridized carbons (Fsp3) is 0.433. The van der Waals surface area contributed by atoms with E-state index in [0.717, 1.165) is 59.9 Å². The number of aromatic carboxylic acids is 1. The van der Waals surface area contributed by atoms with E-state index in [-0.39, 0.29) is 35.4 Å². The lowest BCUT2D eigenvalue weighted by Crippen LogP contribution is -2.36. The van der Waals surface area contributed by atoms with E-state index in [1.54, 1.807) is 24.3 Å². The van der Waals surface area contributed by atoms with Crippen LogP contribution in [-0.2, 0) is 17.5 Å². The number of ether oxygens (including phenoxy) is 1. The standard InChI is InChI=1S/C30H30F3N3O4S/c1-2-19-10-11-20(36(19)29-34-24-12-9-18(28(37)38)15-25(24)41-29)13-14-39-16-22-26(35-40-27(22)17-7-8-17)21-5-3-4-6-23(21)30(31,32)33/h3-6,9,12,15,17,19-20H,2,7-8,10-11,13-14,16H2,1H3,(H,37,38)/t19?,20-/m0/s1. The summed E-state index contributed by atoms with van der Waals surface area (Å²) in [4.78, 5) is 18.6. The molecule has 2 aromatic heterocycles. The highest BCUT2D eigenvalue weighted by atomic mass is 32.1. The third-order valence-electron chi connectivity index (χ3n) is 8.03. The van der Waals surface area contributed by atoms with Crippen LogP contribution in [0.4, 0.5) is 18.3 Å². The Hall–Kier alpha value is -3.44. The van der Waals surface area contributed by atoms with Crippen molar-refractivity contribution in [3.8, 4) is 11.3 Å². The first-order valence-electron chi connectivity index (χ1n) is 13.9. The number of nitrogens with zero attached hydrogens (tertiary/aromatic N) is 3. The molecule has 0 radical (unpaired) electrons. The number of fused-ring (bicyclic) bond motifs is 1. The first-order valence-corrected chi connectivity index (χ1v) is 14.7. The van der Waals surface area contributed by atoms with Gasteiger partial charge >= 0.3 is 12.1 Å². The molecule has 0 bridgehead atoms. The van der Waals surface area contributed by atoms with Crippen LogP contribution >= 0.6 is 11.3 Å². The van der Waals surface area contributed by atoms with E-state index < -0.39 is 17.7 Å². The van der Waals surface area contributed by atoms with Crippen molar-refractivity contribution in [2.45, 2.75) is 76.2 Å². The number of alkyl halides is 3. The van der Waals surface area contributed by atoms with Crippen LogP contribution < -0.4 is 4.90 Å². The molecule has 6 rings (SSSR count). The Labute approximate surface area is 238 Å². The molecule has 11 heteroatoms. The Morgan fingerprint density at radius 1 is 1.15 bits per heavy atom. The molecule has 1 saturated carbocycles. The summed E-state index contributed by atoms with van der Waals surface area (Å²) in [5.74, 6) is -0.169. The second-order valence-electron chi connectivity index (χ2n) is 10.7. The lowest BCUT2D eigenvalue weighted by Gasteiger charge is -2.29. The summed E-state index contributed by atoms with van der Waals surface area (Å²) in [5, 5.41) is 14.3. The first-order chi connectivity index (χ1) is 19.7. The lowest BCUT2D eigenvalue weighted by atomic mass is 9.99. The van der Waals surface area contributed by atoms with Crippen LogP contribution in [0.1, 0.15) is 78.6 Å². The molecule has 2 aliphatic rings. The van der Waals surface area contributed by atoms with Crippen molar-refractivity contribution in [1.82, 2.24) is 10.1 Å². The topological polar surface area (TPSA) is 88.7 Å². The van der Waals surface area contributed by atoms with Gasteiger partial charge in [0.25, 0.3) is 0 Å². The number of anilines is 1. The van der Waals surface area contributed by atoms with Crippen molar-refractivity contribution in [3.63, 3.8) is 0 Å². The quantitative estimate of drug-likeness (QED) is 0.189. The molecule has 2 aromatic carbocycles. The summed E-state index contributed by atoms with van der Waals surface area (Å²) in [6.45, 7) is 2.69. The molecule has 1 aliphatic carbocycles. The molecule has 41 heavy (non-hydrogen) atoms. The normalized spacial score (nSPS) is 19.4. The van der Waals surface area contributed by atoms with E-state index in [1.165, 1.54) is 23.5 Å². The summed E-state index contributed by atoms with van der Waals surface area (Å²) < 4.78 is 53.8. The summed E-state index contributed by atoms with van der Waals surface area (Å²) in [6.07, 6.45) is 1.02. The van der Waals surface area contributed by atoms with Gasteiger partial charge in [-0.05, 0) is 62.8 Å². The number of aromatic nitrogens is 2. The predicted molar refractivity (Wildman–Crippen MR) is 149 cm³/mol. The number of rotatable bonds is 10. The van der Waals surface area contributed by atoms with Gasteiger partial charge in [-0.15, -0.1) is 0 Å². The van der Waals surface area contributed by atoms with Gasteiger partial charge in [-0.25, -0.2) is 9.78 Å². The monoisotopic (exact) mass is 585 g/mol. The fourth-order valence-electron chi connectivity index (χ4n) is 5.78. The fourth-order valence-corrected chi connectivity index (χ4v) is 6.93. The molecule has 216 valence electrons. The summed E-state index contributed by atoms with van der Waals surface area (Å²) in [5.41, 5.74) is 1.07. The Morgan fingerprint density at radius 3 is 2.66 bits per heavy atom. The van der Waals surface area contributed by atoms with Crippen LogP contribution in [0.25, 0.3) is 21.5 Å². The Kier molecular flexibility index (Phi) is 7.50. The van der Waals surface area contributed by atoms with Gasteiger partial charge in [0.05, 0.1) is 28.0 Å². The van der Waals surface area contributed by atoms with Crippen LogP contribution in [0.5, 0.6) is 0 Å². The Bertz CT molecular complexity index is 1560. The second-order valence-corrected chi connectivity index (χ2v) is 11.7. The Balaban J connectivity index is 1.18. The molecule has 1 saturated heterocycles. The molecular formula is C30H30F3N3O4S. The molecule has 1 aliphatic heterocycles. The number of halogens is 3. The molecule has 2 fully saturated rings. The smallest absolute Gasteiger partial charge is 0.417 e. The van der Waals surface area contributed by atoms with Crippen molar-refractivity contribution < 1.29 is 32.3 Å². The van der Waals surface area contributed by atoms with Gasteiger partial charge in [0, 0.05) is 35.7 Å². The highest BCUT2D eigenvalue weighted by Crippen LogP contribution is 2.46. The minimum absolute atomic E-state index is 0.00361. The summed E-state index contributed by atoms with van der Waals surface area (Å²) in [7, 11) is 0. The van der Waals surface area contributed by atoms with Gasteiger partial charge in [-0.1, -0.05) is 41.6 Å². The number of carboxylic acid groups (broad SMARTS) is 1. The van der Waals surface area contributed by atoms with E-state index >= 15 is 0 Å². The van der Waals surface area contributed by atoms with E-state index in [4.69, 9.17) is 14.2 Å². The third kappa shape index (κ3) is 5.57. The first kappa shape index (κ1) is 27.7. The maximum atomic E-state index is 13.8. The van der Waals surface area contributed by atoms with Crippen molar-refractivity contribution in [1.29, 1.82) is 0 Å². The molecule has 2 atom stereocenters. The summed E-state index contributed by atoms with van der Waals surface area (Å²) >= 11 is 1.50. The number of thiazole rings is 1. The van der Waals surface area contributed by atoms with Crippen LogP contribution in [0.2, 0.25) is 0 Å². The number of carbonyl (C=O) groups is 1. The van der Waals surface area contributed by atoms with Gasteiger partial charge < -0.3 is 19.3 Å². The van der Waals surface area contributed by atoms with Gasteiger partial charge in [-0.3, -0.25) is 0 Å². The molecule has 0 spiro atoms. The largest absolute Gasteiger partial charge is 0.478 e. The van der Waals surface area contributed by atoms with Gasteiger partial charge in [-0.2, -0.15) is 13.2 Å². The van der Waals surface area contributed by atoms with Crippen molar-refractivity contribution in [2.24, 2.45) is 0 Å². The highest BCUT2D eigenvalue weighted by molar-refractivity contribution is 7.22. The average Bonchev–Trinajstić information content (AvgIpc) is 3.38. The second kappa shape index (κ2) is 11.1. The number of carboxylic acids is 1. The Morgan fingerprint density at radius 2 is 1.93 bits per heavy atom. The molecule has 1 unspecified atom stereocenters. The third-order valence-corrected chi connectivity index (χ3v) is 9.06. The van der Waals surface area contributed by atoms with Gasteiger partial charge in [0.15, 0.2) is 5.13 Å². The number of hydrogen-bond donors (Lipinski definition) is 1. The van der Waals surface area contributed by atoms with Gasteiger partial charge in [0.1, 0.15) is 11.5 Å². The molecule has 0 amide bonds. The minimum Gasteiger partial charge on any atom is -0.478 e. The van der Waals surface area contributed by atoms with Crippen LogP contribution in [0.15, 0.2) is 47.0 Å². The zero-order chi connectivity index (χ0) is 28.7. The molecule has 4 aromatic rings. The molecule has 1 N–H and O–H groups in total. The van der Waals surface area contributed by atoms with Crippen LogP contribution in [-0.4, -0.2) is 39.9 Å². The lowest BCUT2D eigenvalue weighted by molar-refractivity contribution is -0.137. The predicted octanol–water partition coefficient (Wildman–Crippen LogP) is 7.90. The van der Waals surface area contributed by atoms with E-state index in [1.807, 2.05) is 0 Å². The van der Waals surface area contributed by atoms with E-state index in [9.17, 15) is 23.1 Å². The van der Waals surface area contributed by atoms with Crippen molar-refractivity contribution in [2.75, 3.05) is 11.5 Å². The van der Waals surface area contributed by atoms with Crippen LogP contribution in [0.3, 0.4) is 0 Å². The van der Waals surface area contributed by atoms with E-state index in [2.05, 4.69) is 17.0 Å². The zero-order valence-electron chi connectivity index (χ0n) is 22.5. The van der Waals surface area contributed by atoms with Crippen LogP contribution in [0, 0.1) is 0 Å². The van der Waals surface area contributed by atoms with Crippen molar-refractivity contribution >= 4 is 32.7 Å². The summed E-state index contributed by atoms with van der Waals surface area (Å²) in [6, 6.07) is 10.9. The van der Waals surface area contributed by atoms with Crippen molar-refractivity contribution in [3.05, 3.63) is 64.9 Å². The molecular weight excluding hydrogens is 555 g/mol. The minimum atomic E-state index is -4.51. The van der Waals surface area contributed by atoms with E-state index in [0.29, 0.717) is 24.0 Å².